The summed E-state index contributed by atoms with van der Waals surface area (Å²) < 4.78 is 48.0. The van der Waals surface area contributed by atoms with E-state index >= 15 is 0 Å². The quantitative estimate of drug-likeness (QED) is 0.774. The summed E-state index contributed by atoms with van der Waals surface area (Å²) in [6, 6.07) is 9.21. The third-order valence-electron chi connectivity index (χ3n) is 4.28. The third-order valence-corrected chi connectivity index (χ3v) is 6.54. The molecule has 26 heavy (non-hydrogen) atoms. The van der Waals surface area contributed by atoms with Gasteiger partial charge in [0.05, 0.1) is 9.77 Å². The summed E-state index contributed by atoms with van der Waals surface area (Å²) in [5.74, 6) is -3.37. The van der Waals surface area contributed by atoms with Crippen LogP contribution in [0.25, 0.3) is 0 Å². The van der Waals surface area contributed by atoms with Gasteiger partial charge in [-0.05, 0) is 29.1 Å². The lowest BCUT2D eigenvalue weighted by molar-refractivity contribution is 0.0633. The van der Waals surface area contributed by atoms with Crippen LogP contribution in [0.2, 0.25) is 0 Å². The van der Waals surface area contributed by atoms with E-state index < -0.39 is 15.6 Å². The minimum absolute atomic E-state index is 0.0428. The van der Waals surface area contributed by atoms with E-state index in [1.807, 2.05) is 22.4 Å². The van der Waals surface area contributed by atoms with Crippen LogP contribution in [0.5, 0.6) is 0 Å². The summed E-state index contributed by atoms with van der Waals surface area (Å²) in [7, 11) is -4.56. The van der Waals surface area contributed by atoms with Crippen molar-refractivity contribution in [1.29, 1.82) is 0 Å². The monoisotopic (exact) mass is 400 g/mol. The Hall–Kier alpha value is -1.84. The molecule has 140 valence electrons. The zero-order valence-corrected chi connectivity index (χ0v) is 15.5. The first kappa shape index (κ1) is 18.9. The number of hydrogen-bond donors (Lipinski definition) is 0. The van der Waals surface area contributed by atoms with E-state index in [-0.39, 0.29) is 10.8 Å². The van der Waals surface area contributed by atoms with Crippen molar-refractivity contribution in [2.75, 3.05) is 26.2 Å². The number of rotatable bonds is 5. The van der Waals surface area contributed by atoms with Gasteiger partial charge < -0.3 is 4.90 Å². The van der Waals surface area contributed by atoms with Gasteiger partial charge in [-0.15, -0.1) is 11.3 Å². The van der Waals surface area contributed by atoms with E-state index in [2.05, 4.69) is 4.90 Å². The van der Waals surface area contributed by atoms with Gasteiger partial charge in [0.15, 0.2) is 0 Å². The minimum atomic E-state index is -4.56. The Balaban J connectivity index is 1.56. The highest BCUT2D eigenvalue weighted by Crippen LogP contribution is 2.20. The van der Waals surface area contributed by atoms with Crippen LogP contribution in [0.3, 0.4) is 0 Å². The molecule has 1 fully saturated rings. The van der Waals surface area contributed by atoms with Crippen molar-refractivity contribution in [3.63, 3.8) is 0 Å². The van der Waals surface area contributed by atoms with Crippen LogP contribution >= 0.6 is 11.3 Å². The number of benzene rings is 1. The standard InChI is InChI=1S/C17H18F2N2O3S2/c18-17(19)26(23,24)14-5-3-13(4-6-14)12-20-7-9-21(10-8-20)16(22)15-2-1-11-25-15/h1-6,11,17H,7-10,12H2. The van der Waals surface area contributed by atoms with Crippen molar-refractivity contribution in [3.05, 3.63) is 52.2 Å². The number of sulfone groups is 1. The lowest BCUT2D eigenvalue weighted by Gasteiger charge is -2.34. The first-order valence-electron chi connectivity index (χ1n) is 8.04. The molecule has 0 aliphatic carbocycles. The second-order valence-electron chi connectivity index (χ2n) is 6.00. The second kappa shape index (κ2) is 7.81. The Morgan fingerprint density at radius 3 is 2.27 bits per heavy atom. The van der Waals surface area contributed by atoms with Crippen molar-refractivity contribution in [2.45, 2.75) is 17.2 Å². The highest BCUT2D eigenvalue weighted by atomic mass is 32.2. The maximum absolute atomic E-state index is 12.5. The SMILES string of the molecule is O=C(c1cccs1)N1CCN(Cc2ccc(S(=O)(=O)C(F)F)cc2)CC1. The fourth-order valence-corrected chi connectivity index (χ4v) is 4.22. The molecule has 0 N–H and O–H groups in total. The zero-order valence-electron chi connectivity index (χ0n) is 13.8. The number of piperazine rings is 1. The molecular weight excluding hydrogens is 382 g/mol. The predicted octanol–water partition coefficient (Wildman–Crippen LogP) is 2.70. The minimum Gasteiger partial charge on any atom is -0.335 e. The second-order valence-corrected chi connectivity index (χ2v) is 8.86. The van der Waals surface area contributed by atoms with E-state index in [1.165, 1.54) is 23.5 Å². The molecule has 5 nitrogen and oxygen atoms in total. The van der Waals surface area contributed by atoms with Crippen molar-refractivity contribution in [3.8, 4) is 0 Å². The molecule has 1 amide bonds. The molecule has 1 aromatic carbocycles. The van der Waals surface area contributed by atoms with Gasteiger partial charge in [0.1, 0.15) is 0 Å². The predicted molar refractivity (Wildman–Crippen MR) is 95.1 cm³/mol. The molecule has 1 aliphatic heterocycles. The molecule has 0 saturated carbocycles. The molecule has 3 rings (SSSR count). The van der Waals surface area contributed by atoms with E-state index in [0.717, 1.165) is 10.4 Å². The molecule has 9 heteroatoms. The summed E-state index contributed by atoms with van der Waals surface area (Å²) >= 11 is 1.43. The normalized spacial score (nSPS) is 16.2. The van der Waals surface area contributed by atoms with Gasteiger partial charge in [-0.2, -0.15) is 8.78 Å². The van der Waals surface area contributed by atoms with Gasteiger partial charge in [-0.3, -0.25) is 9.69 Å². The number of carbonyl (C=O) groups excluding carboxylic acids is 1. The summed E-state index contributed by atoms with van der Waals surface area (Å²) in [5, 5.41) is 1.88. The number of carbonyl (C=O) groups is 1. The van der Waals surface area contributed by atoms with Crippen molar-refractivity contribution in [2.24, 2.45) is 0 Å². The molecule has 0 spiro atoms. The molecule has 0 atom stereocenters. The van der Waals surface area contributed by atoms with E-state index in [4.69, 9.17) is 0 Å². The van der Waals surface area contributed by atoms with Crippen molar-refractivity contribution < 1.29 is 22.0 Å². The van der Waals surface area contributed by atoms with Gasteiger partial charge in [0, 0.05) is 32.7 Å². The lowest BCUT2D eigenvalue weighted by atomic mass is 10.2. The largest absolute Gasteiger partial charge is 0.341 e. The van der Waals surface area contributed by atoms with Crippen LogP contribution in [0.1, 0.15) is 15.2 Å². The number of hydrogen-bond acceptors (Lipinski definition) is 5. The van der Waals surface area contributed by atoms with Crippen LogP contribution in [0.4, 0.5) is 8.78 Å². The zero-order chi connectivity index (χ0) is 18.7. The van der Waals surface area contributed by atoms with E-state index in [1.54, 1.807) is 12.1 Å². The molecule has 2 aromatic rings. The molecular formula is C17H18F2N2O3S2. The highest BCUT2D eigenvalue weighted by Gasteiger charge is 2.26. The molecule has 0 unspecified atom stereocenters. The van der Waals surface area contributed by atoms with Crippen LogP contribution in [0, 0.1) is 0 Å². The van der Waals surface area contributed by atoms with Gasteiger partial charge in [0.25, 0.3) is 5.91 Å². The Kier molecular flexibility index (Phi) is 5.69. The topological polar surface area (TPSA) is 57.7 Å². The summed E-state index contributed by atoms with van der Waals surface area (Å²) in [4.78, 5) is 16.6. The van der Waals surface area contributed by atoms with E-state index in [0.29, 0.717) is 32.7 Å². The Morgan fingerprint density at radius 2 is 1.73 bits per heavy atom. The smallest absolute Gasteiger partial charge is 0.335 e. The Labute approximate surface area is 154 Å². The Morgan fingerprint density at radius 1 is 1.08 bits per heavy atom. The maximum atomic E-state index is 12.5. The molecule has 0 bridgehead atoms. The number of halogens is 2. The number of nitrogens with zero attached hydrogens (tertiary/aromatic N) is 2. The first-order valence-corrected chi connectivity index (χ1v) is 10.5. The van der Waals surface area contributed by atoms with Crippen LogP contribution in [-0.2, 0) is 16.4 Å². The van der Waals surface area contributed by atoms with Gasteiger partial charge in [0.2, 0.25) is 9.84 Å². The van der Waals surface area contributed by atoms with Gasteiger partial charge in [-0.25, -0.2) is 8.42 Å². The Bertz CT molecular complexity index is 845. The summed E-state index contributed by atoms with van der Waals surface area (Å²) in [5.41, 5.74) is 0.844. The lowest BCUT2D eigenvalue weighted by Crippen LogP contribution is -2.48. The summed E-state index contributed by atoms with van der Waals surface area (Å²) in [6.07, 6.45) is 0. The molecule has 2 heterocycles. The van der Waals surface area contributed by atoms with Crippen LogP contribution in [-0.4, -0.2) is 56.1 Å². The average Bonchev–Trinajstić information content (AvgIpc) is 3.17. The molecule has 1 aromatic heterocycles. The fourth-order valence-electron chi connectivity index (χ4n) is 2.81. The van der Waals surface area contributed by atoms with Gasteiger partial charge in [-0.1, -0.05) is 18.2 Å². The number of amides is 1. The van der Waals surface area contributed by atoms with Crippen molar-refractivity contribution >= 4 is 27.1 Å². The maximum Gasteiger partial charge on any atom is 0.341 e. The highest BCUT2D eigenvalue weighted by molar-refractivity contribution is 7.91. The molecule has 1 aliphatic rings. The first-order chi connectivity index (χ1) is 12.4. The third kappa shape index (κ3) is 4.11. The van der Waals surface area contributed by atoms with Crippen LogP contribution in [0.15, 0.2) is 46.7 Å². The summed E-state index contributed by atoms with van der Waals surface area (Å²) in [6.45, 7) is 3.22. The average molecular weight is 400 g/mol. The van der Waals surface area contributed by atoms with Crippen molar-refractivity contribution in [1.82, 2.24) is 9.80 Å². The molecule has 1 saturated heterocycles. The number of thiophene rings is 1. The van der Waals surface area contributed by atoms with Gasteiger partial charge >= 0.3 is 5.76 Å². The number of alkyl halides is 2. The fraction of sp³-hybridized carbons (Fsp3) is 0.353. The van der Waals surface area contributed by atoms with E-state index in [9.17, 15) is 22.0 Å². The van der Waals surface area contributed by atoms with Crippen LogP contribution < -0.4 is 0 Å². The molecule has 0 radical (unpaired) electrons.